The van der Waals surface area contributed by atoms with E-state index in [0.717, 1.165) is 5.75 Å². The third-order valence-electron chi connectivity index (χ3n) is 2.62. The maximum atomic E-state index is 11.6. The van der Waals surface area contributed by atoms with Crippen LogP contribution < -0.4 is 10.6 Å². The van der Waals surface area contributed by atoms with Crippen LogP contribution in [0.5, 0.6) is 0 Å². The van der Waals surface area contributed by atoms with Crippen LogP contribution in [0.1, 0.15) is 6.92 Å². The molecule has 0 saturated carbocycles. The minimum atomic E-state index is -4.35. The fraction of sp³-hybridized carbons (Fsp3) is 0.923. The van der Waals surface area contributed by atoms with Gasteiger partial charge in [-0.05, 0) is 0 Å². The Labute approximate surface area is 155 Å². The Morgan fingerprint density at radius 2 is 1.83 bits per heavy atom. The molecule has 2 atom stereocenters. The molecule has 0 aliphatic heterocycles. The lowest BCUT2D eigenvalue weighted by Crippen LogP contribution is -2.37. The van der Waals surface area contributed by atoms with E-state index in [1.807, 2.05) is 21.1 Å². The quantitative estimate of drug-likeness (QED) is 0.203. The molecular weight excluding hydrogens is 379 g/mol. The van der Waals surface area contributed by atoms with Crippen molar-refractivity contribution in [1.82, 2.24) is 0 Å². The van der Waals surface area contributed by atoms with Gasteiger partial charge in [-0.3, -0.25) is 9.36 Å². The van der Waals surface area contributed by atoms with Crippen molar-refractivity contribution in [3.05, 3.63) is 0 Å². The molecule has 24 heavy (non-hydrogen) atoms. The molecule has 146 valence electrons. The van der Waals surface area contributed by atoms with E-state index in [2.05, 4.69) is 4.52 Å². The minimum absolute atomic E-state index is 0. The summed E-state index contributed by atoms with van der Waals surface area (Å²) in [6.45, 7) is 2.50. The highest BCUT2D eigenvalue weighted by Crippen LogP contribution is 2.37. The first-order valence-electron chi connectivity index (χ1n) is 7.42. The van der Waals surface area contributed by atoms with E-state index >= 15 is 0 Å². The van der Waals surface area contributed by atoms with Gasteiger partial charge in [0.05, 0.1) is 33.7 Å². The molecule has 0 fully saturated rings. The molecule has 0 heterocycles. The van der Waals surface area contributed by atoms with E-state index in [1.165, 1.54) is 0 Å². The highest BCUT2D eigenvalue weighted by molar-refractivity contribution is 7.99. The molecule has 0 aromatic heterocycles. The molecule has 0 aromatic carbocycles. The van der Waals surface area contributed by atoms with Gasteiger partial charge in [0.2, 0.25) is 0 Å². The number of halogens is 1. The van der Waals surface area contributed by atoms with Crippen molar-refractivity contribution in [3.8, 4) is 0 Å². The van der Waals surface area contributed by atoms with E-state index < -0.39 is 7.82 Å². The van der Waals surface area contributed by atoms with Gasteiger partial charge in [-0.2, -0.15) is 11.8 Å². The number of esters is 1. The molecule has 0 aromatic rings. The number of likely N-dealkylation sites (N-methyl/N-ethyl adjacent to an activating group) is 1. The number of rotatable bonds is 13. The Kier molecular flexibility index (Phi) is 14.7. The van der Waals surface area contributed by atoms with Crippen LogP contribution in [0.15, 0.2) is 0 Å². The van der Waals surface area contributed by atoms with Crippen molar-refractivity contribution >= 4 is 38.0 Å². The van der Waals surface area contributed by atoms with Crippen molar-refractivity contribution in [3.63, 3.8) is 0 Å². The summed E-state index contributed by atoms with van der Waals surface area (Å²) in [6.07, 6.45) is 0. The predicted molar refractivity (Wildman–Crippen MR) is 96.2 cm³/mol. The number of nitrogens with zero attached hydrogens (tertiary/aromatic N) is 1. The van der Waals surface area contributed by atoms with Gasteiger partial charge >= 0.3 is 5.97 Å². The van der Waals surface area contributed by atoms with Gasteiger partial charge in [-0.15, -0.1) is 12.4 Å². The summed E-state index contributed by atoms with van der Waals surface area (Å²) in [5.74, 6) is 0.742. The highest BCUT2D eigenvalue weighted by Gasteiger charge is 2.16. The number of phosphoric acid groups is 1. The van der Waals surface area contributed by atoms with E-state index in [0.29, 0.717) is 23.3 Å². The first kappa shape index (κ1) is 26.4. The maximum absolute atomic E-state index is 11.6. The molecule has 2 N–H and O–H groups in total. The van der Waals surface area contributed by atoms with E-state index in [1.54, 1.807) is 18.7 Å². The molecular formula is C13H30ClN2O6PS. The normalized spacial score (nSPS) is 15.2. The SMILES string of the molecule is CC(CSCCN)C(=O)OCCOP(=O)([O-])OCC[N+](C)(C)C.Cl. The zero-order valence-corrected chi connectivity index (χ0v) is 17.3. The average molecular weight is 409 g/mol. The predicted octanol–water partition coefficient (Wildman–Crippen LogP) is 0.487. The topological polar surface area (TPSA) is 111 Å². The highest BCUT2D eigenvalue weighted by atomic mass is 35.5. The van der Waals surface area contributed by atoms with Crippen LogP contribution in [0, 0.1) is 5.92 Å². The molecule has 0 aliphatic carbocycles. The van der Waals surface area contributed by atoms with Gasteiger partial charge in [0.15, 0.2) is 0 Å². The molecule has 0 radical (unpaired) electrons. The summed E-state index contributed by atoms with van der Waals surface area (Å²) in [4.78, 5) is 23.1. The summed E-state index contributed by atoms with van der Waals surface area (Å²) in [5, 5.41) is 0. The molecule has 0 amide bonds. The van der Waals surface area contributed by atoms with Gasteiger partial charge in [0.25, 0.3) is 7.82 Å². The Morgan fingerprint density at radius 3 is 2.38 bits per heavy atom. The minimum Gasteiger partial charge on any atom is -0.756 e. The number of nitrogens with two attached hydrogens (primary N) is 1. The molecule has 0 aliphatic rings. The lowest BCUT2D eigenvalue weighted by atomic mass is 10.2. The Hall–Kier alpha value is 0.140. The summed E-state index contributed by atoms with van der Waals surface area (Å²) in [6, 6.07) is 0. The van der Waals surface area contributed by atoms with Crippen LogP contribution in [0.4, 0.5) is 0 Å². The van der Waals surface area contributed by atoms with Crippen LogP contribution in [-0.2, 0) is 23.1 Å². The monoisotopic (exact) mass is 408 g/mol. The largest absolute Gasteiger partial charge is 0.756 e. The van der Waals surface area contributed by atoms with E-state index in [4.69, 9.17) is 15.0 Å². The van der Waals surface area contributed by atoms with Gasteiger partial charge in [-0.25, -0.2) is 0 Å². The number of ether oxygens (including phenoxy) is 1. The van der Waals surface area contributed by atoms with Gasteiger partial charge in [0.1, 0.15) is 19.8 Å². The number of quaternary nitrogens is 1. The second-order valence-corrected chi connectivity index (χ2v) is 8.62. The fourth-order valence-corrected chi connectivity index (χ4v) is 2.81. The molecule has 0 spiro atoms. The van der Waals surface area contributed by atoms with Crippen LogP contribution in [0.3, 0.4) is 0 Å². The van der Waals surface area contributed by atoms with Crippen molar-refractivity contribution in [2.45, 2.75) is 6.92 Å². The molecule has 2 unspecified atom stereocenters. The Balaban J connectivity index is 0. The van der Waals surface area contributed by atoms with E-state index in [-0.39, 0.29) is 44.1 Å². The summed E-state index contributed by atoms with van der Waals surface area (Å²) in [7, 11) is 1.42. The zero-order chi connectivity index (χ0) is 17.9. The summed E-state index contributed by atoms with van der Waals surface area (Å²) >= 11 is 1.57. The molecule has 11 heteroatoms. The van der Waals surface area contributed by atoms with Crippen molar-refractivity contribution in [2.75, 3.05) is 65.6 Å². The average Bonchev–Trinajstić information content (AvgIpc) is 2.41. The number of carbonyl (C=O) groups is 1. The lowest BCUT2D eigenvalue weighted by molar-refractivity contribution is -0.870. The lowest BCUT2D eigenvalue weighted by Gasteiger charge is -2.27. The maximum Gasteiger partial charge on any atom is 0.309 e. The van der Waals surface area contributed by atoms with Crippen molar-refractivity contribution in [1.29, 1.82) is 0 Å². The molecule has 0 rings (SSSR count). The summed E-state index contributed by atoms with van der Waals surface area (Å²) in [5.41, 5.74) is 5.37. The second kappa shape index (κ2) is 13.4. The molecule has 0 bridgehead atoms. The number of hydrogen-bond acceptors (Lipinski definition) is 8. The van der Waals surface area contributed by atoms with Crippen molar-refractivity contribution in [2.24, 2.45) is 11.7 Å². The first-order chi connectivity index (χ1) is 10.6. The smallest absolute Gasteiger partial charge is 0.309 e. The fourth-order valence-electron chi connectivity index (χ4n) is 1.31. The second-order valence-electron chi connectivity index (χ2n) is 6.06. The van der Waals surface area contributed by atoms with Crippen LogP contribution in [0.2, 0.25) is 0 Å². The first-order valence-corrected chi connectivity index (χ1v) is 10.0. The number of phosphoric ester groups is 1. The third kappa shape index (κ3) is 15.7. The van der Waals surface area contributed by atoms with Gasteiger partial charge in [0, 0.05) is 18.1 Å². The number of carbonyl (C=O) groups excluding carboxylic acids is 1. The van der Waals surface area contributed by atoms with Crippen LogP contribution in [0.25, 0.3) is 0 Å². The Bertz CT molecular complexity index is 397. The molecule has 8 nitrogen and oxygen atoms in total. The van der Waals surface area contributed by atoms with Gasteiger partial charge < -0.3 is 28.9 Å². The van der Waals surface area contributed by atoms with Crippen molar-refractivity contribution < 1.29 is 32.5 Å². The Morgan fingerprint density at radius 1 is 1.25 bits per heavy atom. The van der Waals surface area contributed by atoms with Crippen LogP contribution in [-0.4, -0.2) is 76.0 Å². The summed E-state index contributed by atoms with van der Waals surface area (Å²) < 4.78 is 26.4. The zero-order valence-electron chi connectivity index (χ0n) is 14.8. The van der Waals surface area contributed by atoms with Gasteiger partial charge in [-0.1, -0.05) is 6.92 Å². The van der Waals surface area contributed by atoms with Crippen LogP contribution >= 0.6 is 32.0 Å². The molecule has 0 saturated heterocycles. The third-order valence-corrected chi connectivity index (χ3v) is 4.88. The standard InChI is InChI=1S/C13H29N2O6PS.ClH/c1-12(11-23-10-5-14)13(16)19-8-9-21-22(17,18)20-7-6-15(2,3)4;/h12H,5-11,14H2,1-4H3;1H. The number of thioether (sulfide) groups is 1. The van der Waals surface area contributed by atoms with E-state index in [9.17, 15) is 14.3 Å². The number of hydrogen-bond donors (Lipinski definition) is 1.